The topological polar surface area (TPSA) is 74.2 Å². The van der Waals surface area contributed by atoms with E-state index in [-0.39, 0.29) is 29.3 Å². The van der Waals surface area contributed by atoms with E-state index in [0.717, 1.165) is 50.6 Å². The molecule has 1 saturated heterocycles. The number of fused-ring (bicyclic) bond motifs is 1. The van der Waals surface area contributed by atoms with Crippen molar-refractivity contribution in [3.63, 3.8) is 0 Å². The van der Waals surface area contributed by atoms with Gasteiger partial charge in [0, 0.05) is 42.3 Å². The average molecular weight is 562 g/mol. The highest BCUT2D eigenvalue weighted by atomic mass is 19.4. The Labute approximate surface area is 225 Å². The first-order valence-electron chi connectivity index (χ1n) is 12.7. The Hall–Kier alpha value is -3.77. The minimum absolute atomic E-state index is 0.0548. The lowest BCUT2D eigenvalue weighted by Gasteiger charge is -2.30. The van der Waals surface area contributed by atoms with E-state index >= 15 is 0 Å². The van der Waals surface area contributed by atoms with Crippen LogP contribution >= 0.6 is 0 Å². The lowest BCUT2D eigenvalue weighted by atomic mass is 10.0. The van der Waals surface area contributed by atoms with Crippen molar-refractivity contribution >= 4 is 22.4 Å². The molecule has 3 heterocycles. The molecule has 0 bridgehead atoms. The highest BCUT2D eigenvalue weighted by Gasteiger charge is 2.34. The molecular formula is C28H25F6N5O. The van der Waals surface area contributed by atoms with Crippen molar-refractivity contribution in [2.75, 3.05) is 18.4 Å². The number of pyridine rings is 1. The van der Waals surface area contributed by atoms with Crippen LogP contribution in [-0.4, -0.2) is 44.3 Å². The minimum Gasteiger partial charge on any atom is -0.378 e. The van der Waals surface area contributed by atoms with Gasteiger partial charge in [-0.1, -0.05) is 12.5 Å². The van der Waals surface area contributed by atoms with E-state index in [1.165, 1.54) is 42.6 Å². The largest absolute Gasteiger partial charge is 0.418 e. The van der Waals surface area contributed by atoms with E-state index in [0.29, 0.717) is 16.6 Å². The lowest BCUT2D eigenvalue weighted by Crippen LogP contribution is -2.40. The molecule has 4 aromatic rings. The second kappa shape index (κ2) is 11.0. The second-order valence-corrected chi connectivity index (χ2v) is 9.60. The molecule has 2 aromatic heterocycles. The molecule has 1 atom stereocenters. The molecule has 6 nitrogen and oxygen atoms in total. The number of alkyl halides is 6. The van der Waals surface area contributed by atoms with Crippen LogP contribution in [0.5, 0.6) is 0 Å². The van der Waals surface area contributed by atoms with Crippen molar-refractivity contribution in [1.82, 2.24) is 19.9 Å². The van der Waals surface area contributed by atoms with Crippen LogP contribution in [0.4, 0.5) is 37.8 Å². The summed E-state index contributed by atoms with van der Waals surface area (Å²) < 4.78 is 80.0. The first-order valence-corrected chi connectivity index (χ1v) is 12.7. The van der Waals surface area contributed by atoms with Gasteiger partial charge in [-0.15, -0.1) is 0 Å². The Balaban J connectivity index is 1.56. The molecule has 0 saturated carbocycles. The number of rotatable bonds is 6. The van der Waals surface area contributed by atoms with Crippen LogP contribution in [0.1, 0.15) is 36.2 Å². The second-order valence-electron chi connectivity index (χ2n) is 9.60. The fourth-order valence-electron chi connectivity index (χ4n) is 4.76. The molecule has 1 unspecified atom stereocenters. The highest BCUT2D eigenvalue weighted by molar-refractivity contribution is 5.93. The number of hydrogen-bond donors (Lipinski definition) is 2. The molecule has 12 heteroatoms. The standard InChI is InChI=1S/C28H25F6N5O/c29-27(30,31)18-7-9-19(10-8-18)36-26-20-11-6-17(25-21(28(32,33)34)5-4-12-35-25)15-22(20)37-23(38-26)16-24(40)39-13-2-1-3-14-39/h4-12,15,24,40H,1-3,13-14,16H2,(H,36,37,38). The van der Waals surface area contributed by atoms with E-state index in [1.807, 2.05) is 4.90 Å². The Morgan fingerprint density at radius 2 is 1.60 bits per heavy atom. The zero-order valence-electron chi connectivity index (χ0n) is 21.1. The van der Waals surface area contributed by atoms with Crippen LogP contribution in [-0.2, 0) is 18.8 Å². The van der Waals surface area contributed by atoms with Crippen molar-refractivity contribution in [1.29, 1.82) is 0 Å². The molecule has 0 aliphatic carbocycles. The number of aromatic nitrogens is 3. The summed E-state index contributed by atoms with van der Waals surface area (Å²) in [5, 5.41) is 14.3. The Bertz CT molecular complexity index is 1480. The van der Waals surface area contributed by atoms with E-state index in [4.69, 9.17) is 0 Å². The number of halogens is 6. The smallest absolute Gasteiger partial charge is 0.378 e. The van der Waals surface area contributed by atoms with Gasteiger partial charge in [0.1, 0.15) is 17.9 Å². The maximum atomic E-state index is 13.7. The van der Waals surface area contributed by atoms with E-state index in [9.17, 15) is 31.4 Å². The molecule has 40 heavy (non-hydrogen) atoms. The SMILES string of the molecule is OC(Cc1nc(Nc2ccc(C(F)(F)F)cc2)c2ccc(-c3ncccc3C(F)(F)F)cc2n1)N1CCCCC1. The number of hydrogen-bond acceptors (Lipinski definition) is 6. The maximum absolute atomic E-state index is 13.7. The lowest BCUT2D eigenvalue weighted by molar-refractivity contribution is -0.138. The maximum Gasteiger partial charge on any atom is 0.418 e. The third-order valence-electron chi connectivity index (χ3n) is 6.78. The predicted molar refractivity (Wildman–Crippen MR) is 138 cm³/mol. The number of aliphatic hydroxyl groups excluding tert-OH is 1. The number of piperidine rings is 1. The van der Waals surface area contributed by atoms with Crippen LogP contribution < -0.4 is 5.32 Å². The summed E-state index contributed by atoms with van der Waals surface area (Å²) >= 11 is 0. The number of nitrogens with zero attached hydrogens (tertiary/aromatic N) is 4. The van der Waals surface area contributed by atoms with Crippen molar-refractivity contribution in [2.24, 2.45) is 0 Å². The van der Waals surface area contributed by atoms with Crippen LogP contribution in [0.2, 0.25) is 0 Å². The summed E-state index contributed by atoms with van der Waals surface area (Å²) in [5.74, 6) is 0.475. The fraction of sp³-hybridized carbons (Fsp3) is 0.321. The van der Waals surface area contributed by atoms with Crippen LogP contribution in [0.25, 0.3) is 22.2 Å². The monoisotopic (exact) mass is 561 g/mol. The third kappa shape index (κ3) is 6.18. The van der Waals surface area contributed by atoms with Gasteiger partial charge in [0.25, 0.3) is 0 Å². The molecule has 1 aliphatic rings. The van der Waals surface area contributed by atoms with Gasteiger partial charge in [0.15, 0.2) is 0 Å². The molecule has 1 fully saturated rings. The molecule has 2 N–H and O–H groups in total. The van der Waals surface area contributed by atoms with Gasteiger partial charge < -0.3 is 10.4 Å². The summed E-state index contributed by atoms with van der Waals surface area (Å²) in [4.78, 5) is 14.9. The van der Waals surface area contributed by atoms with Crippen molar-refractivity contribution < 1.29 is 31.4 Å². The third-order valence-corrected chi connectivity index (χ3v) is 6.78. The minimum atomic E-state index is -4.62. The Morgan fingerprint density at radius 1 is 0.875 bits per heavy atom. The molecule has 5 rings (SSSR count). The summed E-state index contributed by atoms with van der Waals surface area (Å²) in [5.41, 5.74) is -1.17. The van der Waals surface area contributed by atoms with Crippen LogP contribution in [0, 0.1) is 0 Å². The molecule has 1 aliphatic heterocycles. The molecule has 0 spiro atoms. The molecule has 0 amide bonds. The van der Waals surface area contributed by atoms with Gasteiger partial charge in [0.05, 0.1) is 22.3 Å². The number of aliphatic hydroxyl groups is 1. The van der Waals surface area contributed by atoms with Gasteiger partial charge >= 0.3 is 12.4 Å². The van der Waals surface area contributed by atoms with Gasteiger partial charge in [0.2, 0.25) is 0 Å². The number of benzene rings is 2. The molecule has 210 valence electrons. The number of nitrogens with one attached hydrogen (secondary N) is 1. The summed E-state index contributed by atoms with van der Waals surface area (Å²) in [6.45, 7) is 1.44. The van der Waals surface area contributed by atoms with Gasteiger partial charge in [-0.05, 0) is 61.4 Å². The van der Waals surface area contributed by atoms with E-state index in [1.54, 1.807) is 0 Å². The Kier molecular flexibility index (Phi) is 7.65. The summed E-state index contributed by atoms with van der Waals surface area (Å²) in [7, 11) is 0. The van der Waals surface area contributed by atoms with Gasteiger partial charge in [-0.2, -0.15) is 26.3 Å². The average Bonchev–Trinajstić information content (AvgIpc) is 2.92. The predicted octanol–water partition coefficient (Wildman–Crippen LogP) is 6.82. The van der Waals surface area contributed by atoms with Crippen LogP contribution in [0.3, 0.4) is 0 Å². The van der Waals surface area contributed by atoms with E-state index < -0.39 is 29.7 Å². The normalized spacial score (nSPS) is 15.8. The number of anilines is 2. The zero-order chi connectivity index (χ0) is 28.5. The van der Waals surface area contributed by atoms with E-state index in [2.05, 4.69) is 20.3 Å². The molecular weight excluding hydrogens is 536 g/mol. The van der Waals surface area contributed by atoms with Gasteiger partial charge in [-0.25, -0.2) is 9.97 Å². The van der Waals surface area contributed by atoms with Crippen LogP contribution in [0.15, 0.2) is 60.8 Å². The molecule has 2 aromatic carbocycles. The van der Waals surface area contributed by atoms with Crippen molar-refractivity contribution in [3.8, 4) is 11.3 Å². The zero-order valence-corrected chi connectivity index (χ0v) is 21.1. The summed E-state index contributed by atoms with van der Waals surface area (Å²) in [6.07, 6.45) is -5.68. The number of likely N-dealkylation sites (tertiary alicyclic amines) is 1. The molecule has 0 radical (unpaired) electrons. The quantitative estimate of drug-likeness (QED) is 0.252. The highest BCUT2D eigenvalue weighted by Crippen LogP contribution is 2.37. The first-order chi connectivity index (χ1) is 19.0. The first kappa shape index (κ1) is 27.8. The van der Waals surface area contributed by atoms with Gasteiger partial charge in [-0.3, -0.25) is 9.88 Å². The fourth-order valence-corrected chi connectivity index (χ4v) is 4.76. The summed E-state index contributed by atoms with van der Waals surface area (Å²) in [6, 6.07) is 11.0. The Morgan fingerprint density at radius 3 is 2.27 bits per heavy atom. The van der Waals surface area contributed by atoms with Crippen molar-refractivity contribution in [3.05, 3.63) is 77.7 Å². The van der Waals surface area contributed by atoms with Crippen molar-refractivity contribution in [2.45, 2.75) is 44.3 Å².